The van der Waals surface area contributed by atoms with Crippen LogP contribution >= 0.6 is 0 Å². The normalized spacial score (nSPS) is 21.2. The fourth-order valence-corrected chi connectivity index (χ4v) is 3.74. The Morgan fingerprint density at radius 1 is 1.04 bits per heavy atom. The lowest BCUT2D eigenvalue weighted by atomic mass is 9.98. The molecule has 1 unspecified atom stereocenters. The van der Waals surface area contributed by atoms with Crippen LogP contribution < -0.4 is 10.2 Å². The van der Waals surface area contributed by atoms with Gasteiger partial charge in [0.2, 0.25) is 5.91 Å². The van der Waals surface area contributed by atoms with E-state index in [9.17, 15) is 14.4 Å². The Hall–Kier alpha value is -2.96. The van der Waals surface area contributed by atoms with Crippen LogP contribution in [0.25, 0.3) is 11.3 Å². The molecule has 27 heavy (non-hydrogen) atoms. The standard InChI is InChI=1S/C20H22N4O3/c25-13-14-7-10-23(11-8-14)16-3-1-15(2-4-16)17-9-12-24(22-17)18-5-6-19(26)21-20(18)27/h1-4,9,12-14,18H,5-8,10-11H2,(H,21,26,27). The predicted molar refractivity (Wildman–Crippen MR) is 100 cm³/mol. The maximum atomic E-state index is 12.0. The minimum atomic E-state index is -0.435. The molecule has 0 bridgehead atoms. The molecular weight excluding hydrogens is 344 g/mol. The van der Waals surface area contributed by atoms with E-state index >= 15 is 0 Å². The van der Waals surface area contributed by atoms with Gasteiger partial charge in [0.1, 0.15) is 12.3 Å². The first-order chi connectivity index (χ1) is 13.1. The zero-order chi connectivity index (χ0) is 18.8. The molecule has 1 aromatic heterocycles. The van der Waals surface area contributed by atoms with E-state index in [2.05, 4.69) is 27.4 Å². The van der Waals surface area contributed by atoms with E-state index in [0.717, 1.165) is 49.2 Å². The summed E-state index contributed by atoms with van der Waals surface area (Å²) in [6, 6.07) is 9.64. The number of imide groups is 1. The maximum Gasteiger partial charge on any atom is 0.251 e. The molecule has 2 fully saturated rings. The molecule has 2 aliphatic heterocycles. The van der Waals surface area contributed by atoms with Gasteiger partial charge in [-0.25, -0.2) is 0 Å². The van der Waals surface area contributed by atoms with Gasteiger partial charge < -0.3 is 9.69 Å². The lowest BCUT2D eigenvalue weighted by Crippen LogP contribution is -2.41. The summed E-state index contributed by atoms with van der Waals surface area (Å²) in [5.41, 5.74) is 2.92. The van der Waals surface area contributed by atoms with Crippen LogP contribution in [0.2, 0.25) is 0 Å². The average molecular weight is 366 g/mol. The number of amides is 2. The van der Waals surface area contributed by atoms with Crippen molar-refractivity contribution in [3.8, 4) is 11.3 Å². The van der Waals surface area contributed by atoms with Gasteiger partial charge in [0.25, 0.3) is 5.91 Å². The number of hydrogen-bond donors (Lipinski definition) is 1. The highest BCUT2D eigenvalue weighted by Crippen LogP contribution is 2.26. The smallest absolute Gasteiger partial charge is 0.251 e. The Morgan fingerprint density at radius 3 is 2.44 bits per heavy atom. The minimum Gasteiger partial charge on any atom is -0.371 e. The highest BCUT2D eigenvalue weighted by molar-refractivity contribution is 5.99. The third kappa shape index (κ3) is 3.63. The molecule has 7 nitrogen and oxygen atoms in total. The Kier molecular flexibility index (Phi) is 4.75. The topological polar surface area (TPSA) is 84.3 Å². The van der Waals surface area contributed by atoms with E-state index in [0.29, 0.717) is 12.8 Å². The van der Waals surface area contributed by atoms with E-state index in [1.165, 1.54) is 0 Å². The van der Waals surface area contributed by atoms with Crippen LogP contribution in [-0.4, -0.2) is 41.0 Å². The minimum absolute atomic E-state index is 0.191. The van der Waals surface area contributed by atoms with Crippen molar-refractivity contribution in [2.24, 2.45) is 5.92 Å². The third-order valence-corrected chi connectivity index (χ3v) is 5.40. The van der Waals surface area contributed by atoms with Gasteiger partial charge in [0.15, 0.2) is 0 Å². The monoisotopic (exact) mass is 366 g/mol. The van der Waals surface area contributed by atoms with Gasteiger partial charge in [0, 0.05) is 42.9 Å². The van der Waals surface area contributed by atoms with E-state index in [1.807, 2.05) is 18.2 Å². The lowest BCUT2D eigenvalue weighted by molar-refractivity contribution is -0.136. The largest absolute Gasteiger partial charge is 0.371 e. The summed E-state index contributed by atoms with van der Waals surface area (Å²) in [7, 11) is 0. The van der Waals surface area contributed by atoms with Crippen molar-refractivity contribution in [1.82, 2.24) is 15.1 Å². The molecule has 1 atom stereocenters. The fraction of sp³-hybridized carbons (Fsp3) is 0.400. The van der Waals surface area contributed by atoms with Gasteiger partial charge in [-0.1, -0.05) is 12.1 Å². The molecule has 2 saturated heterocycles. The molecule has 0 radical (unpaired) electrons. The van der Waals surface area contributed by atoms with Crippen molar-refractivity contribution >= 4 is 23.8 Å². The second-order valence-corrected chi connectivity index (χ2v) is 7.16. The average Bonchev–Trinajstić information content (AvgIpc) is 3.18. The summed E-state index contributed by atoms with van der Waals surface area (Å²) in [6.45, 7) is 1.79. The second kappa shape index (κ2) is 7.34. The lowest BCUT2D eigenvalue weighted by Gasteiger charge is -2.31. The summed E-state index contributed by atoms with van der Waals surface area (Å²) in [5.74, 6) is -0.330. The highest BCUT2D eigenvalue weighted by Gasteiger charge is 2.28. The maximum absolute atomic E-state index is 12.0. The first-order valence-electron chi connectivity index (χ1n) is 9.33. The van der Waals surface area contributed by atoms with Gasteiger partial charge in [-0.15, -0.1) is 0 Å². The van der Waals surface area contributed by atoms with Crippen LogP contribution in [0.1, 0.15) is 31.7 Å². The Morgan fingerprint density at radius 2 is 1.78 bits per heavy atom. The zero-order valence-electron chi connectivity index (χ0n) is 15.0. The Balaban J connectivity index is 1.45. The van der Waals surface area contributed by atoms with E-state index in [1.54, 1.807) is 10.9 Å². The van der Waals surface area contributed by atoms with Crippen molar-refractivity contribution in [2.75, 3.05) is 18.0 Å². The van der Waals surface area contributed by atoms with Crippen LogP contribution in [0, 0.1) is 5.92 Å². The van der Waals surface area contributed by atoms with Gasteiger partial charge >= 0.3 is 0 Å². The first kappa shape index (κ1) is 17.5. The number of nitrogens with one attached hydrogen (secondary N) is 1. The van der Waals surface area contributed by atoms with Gasteiger partial charge in [-0.2, -0.15) is 5.10 Å². The van der Waals surface area contributed by atoms with E-state index in [-0.39, 0.29) is 17.7 Å². The number of anilines is 1. The summed E-state index contributed by atoms with van der Waals surface area (Å²) < 4.78 is 1.63. The van der Waals surface area contributed by atoms with Crippen molar-refractivity contribution in [3.05, 3.63) is 36.5 Å². The van der Waals surface area contributed by atoms with Crippen LogP contribution in [0.5, 0.6) is 0 Å². The van der Waals surface area contributed by atoms with Gasteiger partial charge in [-0.3, -0.25) is 19.6 Å². The molecule has 2 amide bonds. The molecule has 0 saturated carbocycles. The van der Waals surface area contributed by atoms with E-state index < -0.39 is 6.04 Å². The molecular formula is C20H22N4O3. The Bertz CT molecular complexity index is 850. The molecule has 7 heteroatoms. The number of benzene rings is 1. The number of rotatable bonds is 4. The molecule has 3 heterocycles. The van der Waals surface area contributed by atoms with Gasteiger partial charge in [-0.05, 0) is 37.5 Å². The number of hydrogen-bond acceptors (Lipinski definition) is 5. The zero-order valence-corrected chi connectivity index (χ0v) is 15.0. The number of nitrogens with zero attached hydrogens (tertiary/aromatic N) is 3. The van der Waals surface area contributed by atoms with Crippen molar-refractivity contribution in [3.63, 3.8) is 0 Å². The van der Waals surface area contributed by atoms with Crippen LogP contribution in [0.15, 0.2) is 36.5 Å². The molecule has 0 spiro atoms. The summed E-state index contributed by atoms with van der Waals surface area (Å²) in [4.78, 5) is 36.5. The number of carbonyl (C=O) groups is 3. The molecule has 4 rings (SSSR count). The third-order valence-electron chi connectivity index (χ3n) is 5.40. The van der Waals surface area contributed by atoms with Crippen LogP contribution in [0.3, 0.4) is 0 Å². The molecule has 1 N–H and O–H groups in total. The van der Waals surface area contributed by atoms with Crippen molar-refractivity contribution < 1.29 is 14.4 Å². The number of carbonyl (C=O) groups excluding carboxylic acids is 3. The van der Waals surface area contributed by atoms with Gasteiger partial charge in [0.05, 0.1) is 5.69 Å². The molecule has 1 aromatic carbocycles. The highest BCUT2D eigenvalue weighted by atomic mass is 16.2. The first-order valence-corrected chi connectivity index (χ1v) is 9.33. The molecule has 140 valence electrons. The SMILES string of the molecule is O=CC1CCN(c2ccc(-c3ccn(C4CCC(=O)NC4=O)n3)cc2)CC1. The fourth-order valence-electron chi connectivity index (χ4n) is 3.74. The summed E-state index contributed by atoms with van der Waals surface area (Å²) in [6.07, 6.45) is 5.47. The summed E-state index contributed by atoms with van der Waals surface area (Å²) in [5, 5.41) is 6.90. The quantitative estimate of drug-likeness (QED) is 0.660. The van der Waals surface area contributed by atoms with Crippen LogP contribution in [-0.2, 0) is 14.4 Å². The van der Waals surface area contributed by atoms with E-state index in [4.69, 9.17) is 0 Å². The number of aldehydes is 1. The molecule has 2 aliphatic rings. The summed E-state index contributed by atoms with van der Waals surface area (Å²) >= 11 is 0. The van der Waals surface area contributed by atoms with Crippen molar-refractivity contribution in [1.29, 1.82) is 0 Å². The van der Waals surface area contributed by atoms with Crippen molar-refractivity contribution in [2.45, 2.75) is 31.7 Å². The second-order valence-electron chi connectivity index (χ2n) is 7.16. The van der Waals surface area contributed by atoms with Crippen LogP contribution in [0.4, 0.5) is 5.69 Å². The molecule has 2 aromatic rings. The predicted octanol–water partition coefficient (Wildman–Crippen LogP) is 1.94. The number of aromatic nitrogens is 2. The number of piperidine rings is 2. The molecule has 0 aliphatic carbocycles. The Labute approximate surface area is 157 Å².